The number of rotatable bonds is 0. The average molecular weight is 342 g/mol. The highest BCUT2D eigenvalue weighted by atomic mass is 16.6. The summed E-state index contributed by atoms with van der Waals surface area (Å²) in [6, 6.07) is 13.6. The molecule has 0 saturated heterocycles. The molecular formula is C21H26O4. The summed E-state index contributed by atoms with van der Waals surface area (Å²) < 4.78 is 11.5. The van der Waals surface area contributed by atoms with Crippen LogP contribution in [-0.4, -0.2) is 23.4 Å². The molecule has 0 spiro atoms. The van der Waals surface area contributed by atoms with Gasteiger partial charge in [-0.15, -0.1) is 0 Å². The van der Waals surface area contributed by atoms with Crippen molar-refractivity contribution in [1.82, 2.24) is 0 Å². The first-order chi connectivity index (χ1) is 11.8. The third-order valence-electron chi connectivity index (χ3n) is 4.68. The number of ether oxygens (including phenoxy) is 2. The van der Waals surface area contributed by atoms with Crippen molar-refractivity contribution in [3.05, 3.63) is 70.3 Å². The van der Waals surface area contributed by atoms with E-state index in [0.717, 1.165) is 27.8 Å². The topological polar surface area (TPSA) is 58.9 Å². The largest absolute Gasteiger partial charge is 0.362 e. The van der Waals surface area contributed by atoms with Gasteiger partial charge in [-0.05, 0) is 44.7 Å². The van der Waals surface area contributed by atoms with E-state index < -0.39 is 11.6 Å². The van der Waals surface area contributed by atoms with E-state index in [1.54, 1.807) is 13.8 Å². The minimum atomic E-state index is -1.34. The number of fused-ring (bicyclic) bond motifs is 4. The molecule has 0 radical (unpaired) electrons. The van der Waals surface area contributed by atoms with Crippen LogP contribution in [0.4, 0.5) is 0 Å². The van der Waals surface area contributed by atoms with E-state index in [4.69, 9.17) is 9.47 Å². The van der Waals surface area contributed by atoms with Crippen molar-refractivity contribution in [3.8, 4) is 0 Å². The lowest BCUT2D eigenvalue weighted by molar-refractivity contribution is -0.200. The second-order valence-electron chi connectivity index (χ2n) is 7.07. The monoisotopic (exact) mass is 342 g/mol. The van der Waals surface area contributed by atoms with Crippen LogP contribution in [-0.2, 0) is 33.9 Å². The molecule has 4 heteroatoms. The van der Waals surface area contributed by atoms with Crippen molar-refractivity contribution in [3.63, 3.8) is 0 Å². The second-order valence-corrected chi connectivity index (χ2v) is 7.07. The molecule has 2 N–H and O–H groups in total. The number of aryl methyl sites for hydroxylation is 1. The predicted octanol–water partition coefficient (Wildman–Crippen LogP) is 3.16. The van der Waals surface area contributed by atoms with Crippen molar-refractivity contribution in [2.75, 3.05) is 13.2 Å². The SMILES string of the molecule is Cc1cc2cc(c1)C(C)(O)OCCc1cccc(c1)C(C)(O)OCC2. The molecule has 0 saturated carbocycles. The fourth-order valence-corrected chi connectivity index (χ4v) is 3.19. The van der Waals surface area contributed by atoms with E-state index in [9.17, 15) is 10.2 Å². The van der Waals surface area contributed by atoms with Gasteiger partial charge in [0, 0.05) is 11.1 Å². The first-order valence-corrected chi connectivity index (χ1v) is 8.69. The first kappa shape index (κ1) is 18.1. The highest BCUT2D eigenvalue weighted by Gasteiger charge is 2.27. The summed E-state index contributed by atoms with van der Waals surface area (Å²) in [5.74, 6) is -2.67. The molecule has 1 aliphatic heterocycles. The van der Waals surface area contributed by atoms with Crippen LogP contribution in [0.3, 0.4) is 0 Å². The summed E-state index contributed by atoms with van der Waals surface area (Å²) in [5, 5.41) is 21.4. The lowest BCUT2D eigenvalue weighted by Crippen LogP contribution is -2.28. The quantitative estimate of drug-likeness (QED) is 0.772. The molecule has 2 unspecified atom stereocenters. The van der Waals surface area contributed by atoms with Crippen LogP contribution in [0.2, 0.25) is 0 Å². The fraction of sp³-hybridized carbons (Fsp3) is 0.429. The number of benzene rings is 2. The highest BCUT2D eigenvalue weighted by molar-refractivity contribution is 5.32. The standard InChI is InChI=1S/C21H26O4/c1-15-11-17-8-10-24-20(2,22)18-6-4-5-16(13-18)7-9-25-21(3,23)19(12-15)14-17/h4-6,11-14,22-23H,7-10H2,1-3H3. The van der Waals surface area contributed by atoms with E-state index >= 15 is 0 Å². The molecule has 2 aromatic rings. The van der Waals surface area contributed by atoms with E-state index in [0.29, 0.717) is 26.1 Å². The van der Waals surface area contributed by atoms with Gasteiger partial charge in [-0.1, -0.05) is 48.0 Å². The van der Waals surface area contributed by atoms with Crippen LogP contribution in [0, 0.1) is 6.92 Å². The summed E-state index contributed by atoms with van der Waals surface area (Å²) in [7, 11) is 0. The molecule has 2 atom stereocenters. The molecule has 0 aromatic heterocycles. The number of hydrogen-bond acceptors (Lipinski definition) is 4. The van der Waals surface area contributed by atoms with E-state index in [1.165, 1.54) is 0 Å². The van der Waals surface area contributed by atoms with Crippen LogP contribution >= 0.6 is 0 Å². The molecule has 4 nitrogen and oxygen atoms in total. The van der Waals surface area contributed by atoms with E-state index in [-0.39, 0.29) is 0 Å². The van der Waals surface area contributed by atoms with Crippen molar-refractivity contribution in [2.24, 2.45) is 0 Å². The molecule has 2 aromatic carbocycles. The Morgan fingerprint density at radius 1 is 0.800 bits per heavy atom. The molecule has 25 heavy (non-hydrogen) atoms. The zero-order valence-electron chi connectivity index (χ0n) is 15.1. The Hall–Kier alpha value is -1.72. The van der Waals surface area contributed by atoms with Crippen molar-refractivity contribution in [2.45, 2.75) is 45.2 Å². The predicted molar refractivity (Wildman–Crippen MR) is 96.1 cm³/mol. The number of hydrogen-bond donors (Lipinski definition) is 2. The second kappa shape index (κ2) is 6.89. The van der Waals surface area contributed by atoms with Gasteiger partial charge in [0.1, 0.15) is 0 Å². The molecular weight excluding hydrogens is 316 g/mol. The van der Waals surface area contributed by atoms with Gasteiger partial charge in [-0.2, -0.15) is 0 Å². The summed E-state index contributed by atoms with van der Waals surface area (Å²) >= 11 is 0. The Balaban J connectivity index is 1.95. The maximum atomic E-state index is 10.7. The lowest BCUT2D eigenvalue weighted by Gasteiger charge is -2.27. The fourth-order valence-electron chi connectivity index (χ4n) is 3.19. The van der Waals surface area contributed by atoms with E-state index in [2.05, 4.69) is 6.07 Å². The normalized spacial score (nSPS) is 27.6. The Kier molecular flexibility index (Phi) is 4.98. The third-order valence-corrected chi connectivity index (χ3v) is 4.68. The van der Waals surface area contributed by atoms with Gasteiger partial charge in [0.2, 0.25) is 0 Å². The van der Waals surface area contributed by atoms with Gasteiger partial charge < -0.3 is 19.7 Å². The molecule has 0 aliphatic carbocycles. The summed E-state index contributed by atoms with van der Waals surface area (Å²) in [5.41, 5.74) is 4.58. The molecule has 1 aliphatic rings. The zero-order valence-corrected chi connectivity index (χ0v) is 15.1. The molecule has 1 heterocycles. The molecule has 0 fully saturated rings. The van der Waals surface area contributed by atoms with Crippen LogP contribution < -0.4 is 0 Å². The van der Waals surface area contributed by atoms with Crippen molar-refractivity contribution in [1.29, 1.82) is 0 Å². The number of aliphatic hydroxyl groups is 2. The van der Waals surface area contributed by atoms with Crippen molar-refractivity contribution < 1.29 is 19.7 Å². The smallest absolute Gasteiger partial charge is 0.189 e. The summed E-state index contributed by atoms with van der Waals surface area (Å²) in [6.07, 6.45) is 1.28. The Labute approximate surface area is 149 Å². The van der Waals surface area contributed by atoms with Gasteiger partial charge >= 0.3 is 0 Å². The lowest BCUT2D eigenvalue weighted by atomic mass is 9.99. The minimum Gasteiger partial charge on any atom is -0.362 e. The van der Waals surface area contributed by atoms with Crippen LogP contribution in [0.15, 0.2) is 42.5 Å². The van der Waals surface area contributed by atoms with Gasteiger partial charge in [-0.3, -0.25) is 0 Å². The van der Waals surface area contributed by atoms with Gasteiger partial charge in [0.15, 0.2) is 11.6 Å². The summed E-state index contributed by atoms with van der Waals surface area (Å²) in [6.45, 7) is 6.09. The molecule has 4 bridgehead atoms. The molecule has 3 rings (SSSR count). The van der Waals surface area contributed by atoms with Crippen molar-refractivity contribution >= 4 is 0 Å². The zero-order chi connectivity index (χ0) is 18.1. The average Bonchev–Trinajstić information content (AvgIpc) is 2.53. The van der Waals surface area contributed by atoms with Crippen LogP contribution in [0.5, 0.6) is 0 Å². The molecule has 134 valence electrons. The van der Waals surface area contributed by atoms with Crippen LogP contribution in [0.25, 0.3) is 0 Å². The maximum absolute atomic E-state index is 10.7. The Morgan fingerprint density at radius 3 is 2.12 bits per heavy atom. The maximum Gasteiger partial charge on any atom is 0.189 e. The Bertz CT molecular complexity index is 749. The first-order valence-electron chi connectivity index (χ1n) is 8.69. The van der Waals surface area contributed by atoms with Gasteiger partial charge in [0.05, 0.1) is 13.2 Å². The van der Waals surface area contributed by atoms with E-state index in [1.807, 2.05) is 43.3 Å². The van der Waals surface area contributed by atoms with Gasteiger partial charge in [0.25, 0.3) is 0 Å². The highest BCUT2D eigenvalue weighted by Crippen LogP contribution is 2.27. The third kappa shape index (κ3) is 4.28. The summed E-state index contributed by atoms with van der Waals surface area (Å²) in [4.78, 5) is 0. The van der Waals surface area contributed by atoms with Gasteiger partial charge in [-0.25, -0.2) is 0 Å². The Morgan fingerprint density at radius 2 is 1.40 bits per heavy atom. The molecule has 0 amide bonds. The van der Waals surface area contributed by atoms with Crippen LogP contribution in [0.1, 0.15) is 41.7 Å². The minimum absolute atomic E-state index is 0.378.